The van der Waals surface area contributed by atoms with Crippen molar-refractivity contribution in [2.75, 3.05) is 5.32 Å². The lowest BCUT2D eigenvalue weighted by Gasteiger charge is -2.70. The summed E-state index contributed by atoms with van der Waals surface area (Å²) in [5, 5.41) is 24.6. The Balaban J connectivity index is 1.48. The predicted octanol–water partition coefficient (Wildman–Crippen LogP) is 8.29. The molecule has 44 heavy (non-hydrogen) atoms. The van der Waals surface area contributed by atoms with Crippen LogP contribution in [0.2, 0.25) is 0 Å². The van der Waals surface area contributed by atoms with Gasteiger partial charge in [0.05, 0.1) is 5.25 Å². The molecule has 2 amide bonds. The van der Waals surface area contributed by atoms with Crippen LogP contribution in [-0.4, -0.2) is 22.0 Å². The van der Waals surface area contributed by atoms with Crippen molar-refractivity contribution in [3.63, 3.8) is 0 Å². The molecule has 0 saturated heterocycles. The number of amides is 2. The Bertz CT molecular complexity index is 1580. The zero-order valence-electron chi connectivity index (χ0n) is 27.3. The van der Waals surface area contributed by atoms with Gasteiger partial charge in [-0.25, -0.2) is 0 Å². The zero-order valence-corrected chi connectivity index (χ0v) is 28.1. The molecule has 2 aromatic rings. The zero-order chi connectivity index (χ0) is 32.0. The lowest BCUT2D eigenvalue weighted by molar-refractivity contribution is -0.166. The number of carbonyl (C=O) groups is 2. The van der Waals surface area contributed by atoms with Gasteiger partial charge in [-0.05, 0) is 121 Å². The molecule has 2 aromatic carbocycles. The van der Waals surface area contributed by atoms with Gasteiger partial charge in [-0.15, -0.1) is 11.8 Å². The van der Waals surface area contributed by atoms with E-state index in [1.165, 1.54) is 12.5 Å². The minimum absolute atomic E-state index is 0.0246. The highest BCUT2D eigenvalue weighted by Gasteiger charge is 2.67. The molecule has 0 bridgehead atoms. The molecule has 0 aliphatic heterocycles. The quantitative estimate of drug-likeness (QED) is 0.204. The van der Waals surface area contributed by atoms with Crippen LogP contribution in [-0.2, 0) is 15.0 Å². The Morgan fingerprint density at radius 3 is 2.25 bits per heavy atom. The van der Waals surface area contributed by atoms with E-state index in [1.54, 1.807) is 11.8 Å². The second-order valence-electron chi connectivity index (χ2n) is 15.6. The number of allylic oxidation sites excluding steroid dienone is 1. The molecule has 4 aliphatic carbocycles. The summed E-state index contributed by atoms with van der Waals surface area (Å²) in [5.74, 6) is -0.0222. The van der Waals surface area contributed by atoms with E-state index in [-0.39, 0.29) is 50.2 Å². The van der Waals surface area contributed by atoms with Gasteiger partial charge in [0.15, 0.2) is 11.5 Å². The number of hydrogen-bond donors (Lipinski definition) is 4. The van der Waals surface area contributed by atoms with Gasteiger partial charge < -0.3 is 21.3 Å². The number of hydrogen-bond acceptors (Lipinski definition) is 5. The summed E-state index contributed by atoms with van der Waals surface area (Å²) in [6.45, 7) is 15.2. The first-order valence-electron chi connectivity index (χ1n) is 16.1. The fraction of sp³-hybridized carbons (Fsp3) is 0.568. The summed E-state index contributed by atoms with van der Waals surface area (Å²) in [4.78, 5) is 25.4. The van der Waals surface area contributed by atoms with Crippen LogP contribution in [0.4, 0.5) is 5.69 Å². The fourth-order valence-corrected chi connectivity index (χ4v) is 11.2. The molecule has 0 radical (unpaired) electrons. The number of benzene rings is 2. The monoisotopic (exact) mass is 616 g/mol. The largest absolute Gasteiger partial charge is 0.504 e. The first-order chi connectivity index (χ1) is 20.5. The van der Waals surface area contributed by atoms with Crippen LogP contribution in [0.5, 0.6) is 11.5 Å². The molecule has 4 aliphatic rings. The van der Waals surface area contributed by atoms with Gasteiger partial charge in [0.1, 0.15) is 0 Å². The SMILES string of the molecule is CC(=O)Nc1ccc(SC2C=C3[C@@](C)(CC[C@@]4(C)[C@@H]5C[C@](C)(C(N)=O)CC[C@]5(C)CC[C@]34C)c3cc(O)c(O)c(C)c32)cc1. The first-order valence-corrected chi connectivity index (χ1v) is 17.0. The Kier molecular flexibility index (Phi) is 7.09. The van der Waals surface area contributed by atoms with Crippen molar-refractivity contribution < 1.29 is 19.8 Å². The van der Waals surface area contributed by atoms with Gasteiger partial charge in [0.25, 0.3) is 0 Å². The number of anilines is 1. The maximum absolute atomic E-state index is 12.7. The average molecular weight is 617 g/mol. The van der Waals surface area contributed by atoms with Gasteiger partial charge in [0.2, 0.25) is 11.8 Å². The molecule has 7 atom stereocenters. The van der Waals surface area contributed by atoms with E-state index in [9.17, 15) is 19.8 Å². The van der Waals surface area contributed by atoms with Crippen LogP contribution in [0.25, 0.3) is 0 Å². The maximum atomic E-state index is 12.7. The Labute approximate surface area is 266 Å². The Hall–Kier alpha value is -2.93. The van der Waals surface area contributed by atoms with Crippen molar-refractivity contribution in [1.29, 1.82) is 0 Å². The van der Waals surface area contributed by atoms with Crippen LogP contribution >= 0.6 is 11.8 Å². The van der Waals surface area contributed by atoms with E-state index in [0.717, 1.165) is 72.2 Å². The van der Waals surface area contributed by atoms with Crippen molar-refractivity contribution in [1.82, 2.24) is 0 Å². The van der Waals surface area contributed by atoms with Gasteiger partial charge in [0, 0.05) is 28.3 Å². The van der Waals surface area contributed by atoms with E-state index in [1.807, 2.05) is 37.3 Å². The minimum atomic E-state index is -0.484. The topological polar surface area (TPSA) is 113 Å². The second-order valence-corrected chi connectivity index (χ2v) is 16.8. The highest BCUT2D eigenvalue weighted by molar-refractivity contribution is 7.99. The summed E-state index contributed by atoms with van der Waals surface area (Å²) in [5.41, 5.74) is 10.4. The smallest absolute Gasteiger partial charge is 0.223 e. The van der Waals surface area contributed by atoms with Crippen LogP contribution < -0.4 is 11.1 Å². The molecule has 7 heteroatoms. The Morgan fingerprint density at radius 2 is 1.61 bits per heavy atom. The first kappa shape index (κ1) is 31.1. The summed E-state index contributed by atoms with van der Waals surface area (Å²) in [6.07, 6.45) is 9.35. The van der Waals surface area contributed by atoms with E-state index in [0.29, 0.717) is 5.92 Å². The molecule has 6 rings (SSSR count). The number of phenolic OH excluding ortho intramolecular Hbond substituents is 2. The third-order valence-corrected chi connectivity index (χ3v) is 14.3. The molecule has 236 valence electrons. The Morgan fingerprint density at radius 1 is 0.955 bits per heavy atom. The molecular weight excluding hydrogens is 568 g/mol. The van der Waals surface area contributed by atoms with Gasteiger partial charge in [-0.3, -0.25) is 9.59 Å². The van der Waals surface area contributed by atoms with E-state index in [4.69, 9.17) is 5.73 Å². The standard InChI is InChI=1S/C37H48N2O4S/c1-21-30-25(18-26(41)31(21)42)35(5)15-17-37(7)29-20-34(4,32(38)43)13-12-33(29,3)14-16-36(37,6)28(35)19-27(30)44-24-10-8-23(9-11-24)39-22(2)40/h8-11,18-19,27,29,41-42H,12-17,20H2,1-7H3,(H2,38,43)(H,39,40)/t27?,29-,33-,34-,35+,36-,37+/m1/s1. The molecule has 0 aromatic heterocycles. The highest BCUT2D eigenvalue weighted by atomic mass is 32.2. The second kappa shape index (κ2) is 10.0. The number of aromatic hydroxyl groups is 2. The average Bonchev–Trinajstić information content (AvgIpc) is 2.96. The number of phenols is 2. The fourth-order valence-electron chi connectivity index (χ4n) is 9.97. The molecule has 1 unspecified atom stereocenters. The van der Waals surface area contributed by atoms with E-state index < -0.39 is 5.41 Å². The predicted molar refractivity (Wildman–Crippen MR) is 177 cm³/mol. The molecule has 0 heterocycles. The van der Waals surface area contributed by atoms with Crippen molar-refractivity contribution in [3.8, 4) is 11.5 Å². The van der Waals surface area contributed by atoms with Crippen molar-refractivity contribution in [3.05, 3.63) is 58.7 Å². The number of fused-ring (bicyclic) bond motifs is 7. The number of nitrogens with two attached hydrogens (primary N) is 1. The molecular formula is C37H48N2O4S. The van der Waals surface area contributed by atoms with Gasteiger partial charge in [-0.1, -0.05) is 46.3 Å². The number of thioether (sulfide) groups is 1. The van der Waals surface area contributed by atoms with E-state index in [2.05, 4.69) is 46.0 Å². The lowest BCUT2D eigenvalue weighted by atomic mass is 9.34. The van der Waals surface area contributed by atoms with Crippen molar-refractivity contribution in [2.24, 2.45) is 33.3 Å². The third kappa shape index (κ3) is 4.35. The van der Waals surface area contributed by atoms with Gasteiger partial charge in [-0.2, -0.15) is 0 Å². The lowest BCUT2D eigenvalue weighted by Crippen LogP contribution is -2.63. The molecule has 3 saturated carbocycles. The highest BCUT2D eigenvalue weighted by Crippen LogP contribution is 2.75. The van der Waals surface area contributed by atoms with Crippen LogP contribution in [0.15, 0.2) is 46.9 Å². The molecule has 5 N–H and O–H groups in total. The summed E-state index contributed by atoms with van der Waals surface area (Å²) in [6, 6.07) is 9.73. The number of rotatable bonds is 4. The summed E-state index contributed by atoms with van der Waals surface area (Å²) >= 11 is 1.74. The molecule has 6 nitrogen and oxygen atoms in total. The van der Waals surface area contributed by atoms with Gasteiger partial charge >= 0.3 is 0 Å². The van der Waals surface area contributed by atoms with Crippen LogP contribution in [0.3, 0.4) is 0 Å². The third-order valence-electron chi connectivity index (χ3n) is 13.1. The number of primary amides is 1. The number of nitrogens with one attached hydrogen (secondary N) is 1. The van der Waals surface area contributed by atoms with Crippen LogP contribution in [0.1, 0.15) is 108 Å². The normalized spacial score (nSPS) is 37.5. The molecule has 0 spiro atoms. The maximum Gasteiger partial charge on any atom is 0.223 e. The summed E-state index contributed by atoms with van der Waals surface area (Å²) < 4.78 is 0. The van der Waals surface area contributed by atoms with Crippen molar-refractivity contribution in [2.45, 2.75) is 109 Å². The summed E-state index contributed by atoms with van der Waals surface area (Å²) in [7, 11) is 0. The van der Waals surface area contributed by atoms with E-state index >= 15 is 0 Å². The minimum Gasteiger partial charge on any atom is -0.504 e. The van der Waals surface area contributed by atoms with Crippen molar-refractivity contribution >= 4 is 29.3 Å². The number of carbonyl (C=O) groups excluding carboxylic acids is 2. The van der Waals surface area contributed by atoms with Crippen LogP contribution in [0, 0.1) is 34.5 Å². The molecule has 3 fully saturated rings.